The lowest BCUT2D eigenvalue weighted by Gasteiger charge is -1.95. The zero-order valence-corrected chi connectivity index (χ0v) is 9.10. The van der Waals surface area contributed by atoms with Gasteiger partial charge in [-0.15, -0.1) is 0 Å². The number of hydrogen-bond acceptors (Lipinski definition) is 3. The number of nitro groups is 1. The van der Waals surface area contributed by atoms with Gasteiger partial charge >= 0.3 is 0 Å². The van der Waals surface area contributed by atoms with E-state index in [4.69, 9.17) is 4.42 Å². The summed E-state index contributed by atoms with van der Waals surface area (Å²) in [5.74, 6) is 0.678. The van der Waals surface area contributed by atoms with Crippen molar-refractivity contribution in [1.29, 1.82) is 0 Å². The van der Waals surface area contributed by atoms with Gasteiger partial charge in [-0.25, -0.2) is 0 Å². The summed E-state index contributed by atoms with van der Waals surface area (Å²) in [5, 5.41) is 10.4. The fourth-order valence-electron chi connectivity index (χ4n) is 1.21. The van der Waals surface area contributed by atoms with Crippen LogP contribution in [0.15, 0.2) is 45.5 Å². The summed E-state index contributed by atoms with van der Waals surface area (Å²) in [4.78, 5) is 10.00. The topological polar surface area (TPSA) is 56.3 Å². The largest absolute Gasteiger partial charge is 0.463 e. The molecule has 15 heavy (non-hydrogen) atoms. The molecule has 4 nitrogen and oxygen atoms in total. The van der Waals surface area contributed by atoms with E-state index in [-0.39, 0.29) is 5.69 Å². The number of rotatable bonds is 2. The number of halogens is 1. The van der Waals surface area contributed by atoms with Gasteiger partial charge in [-0.2, -0.15) is 0 Å². The van der Waals surface area contributed by atoms with Crippen molar-refractivity contribution in [2.24, 2.45) is 0 Å². The molecule has 0 fully saturated rings. The number of non-ortho nitro benzene ring substituents is 1. The van der Waals surface area contributed by atoms with Gasteiger partial charge in [-0.3, -0.25) is 10.1 Å². The second kappa shape index (κ2) is 3.86. The Kier molecular flexibility index (Phi) is 2.55. The highest BCUT2D eigenvalue weighted by atomic mass is 79.9. The van der Waals surface area contributed by atoms with E-state index in [0.717, 1.165) is 10.0 Å². The Hall–Kier alpha value is -1.62. The lowest BCUT2D eigenvalue weighted by atomic mass is 10.1. The maximum Gasteiger partial charge on any atom is 0.269 e. The van der Waals surface area contributed by atoms with Crippen molar-refractivity contribution in [1.82, 2.24) is 0 Å². The van der Waals surface area contributed by atoms with Crippen molar-refractivity contribution >= 4 is 21.6 Å². The fraction of sp³-hybridized carbons (Fsp3) is 0. The molecule has 0 amide bonds. The highest BCUT2D eigenvalue weighted by Gasteiger charge is 2.07. The molecule has 5 heteroatoms. The lowest BCUT2D eigenvalue weighted by molar-refractivity contribution is -0.384. The first-order chi connectivity index (χ1) is 7.16. The van der Waals surface area contributed by atoms with Crippen LogP contribution in [0.5, 0.6) is 0 Å². The molecule has 1 aromatic heterocycles. The van der Waals surface area contributed by atoms with Gasteiger partial charge in [0.1, 0.15) is 12.0 Å². The van der Waals surface area contributed by atoms with Crippen LogP contribution in [-0.2, 0) is 0 Å². The highest BCUT2D eigenvalue weighted by Crippen LogP contribution is 2.26. The van der Waals surface area contributed by atoms with Crippen molar-refractivity contribution in [3.8, 4) is 11.3 Å². The molecule has 2 rings (SSSR count). The molecule has 0 atom stereocenters. The molecule has 0 saturated carbocycles. The molecule has 0 N–H and O–H groups in total. The second-order valence-corrected chi connectivity index (χ2v) is 3.85. The summed E-state index contributed by atoms with van der Waals surface area (Å²) in [7, 11) is 0. The Bertz CT molecular complexity index is 490. The van der Waals surface area contributed by atoms with Crippen LogP contribution in [0.2, 0.25) is 0 Å². The van der Waals surface area contributed by atoms with Crippen LogP contribution in [0.1, 0.15) is 0 Å². The maximum atomic E-state index is 10.4. The first-order valence-electron chi connectivity index (χ1n) is 4.15. The van der Waals surface area contributed by atoms with Crippen molar-refractivity contribution in [3.05, 3.63) is 51.2 Å². The normalized spacial score (nSPS) is 10.2. The van der Waals surface area contributed by atoms with Crippen LogP contribution in [0, 0.1) is 10.1 Å². The first-order valence-corrected chi connectivity index (χ1v) is 4.95. The van der Waals surface area contributed by atoms with Crippen LogP contribution >= 0.6 is 15.9 Å². The molecule has 0 unspecified atom stereocenters. The van der Waals surface area contributed by atoms with Crippen molar-refractivity contribution in [2.45, 2.75) is 0 Å². The molecule has 1 heterocycles. The molecule has 0 aliphatic heterocycles. The first kappa shape index (κ1) is 9.92. The summed E-state index contributed by atoms with van der Waals surface area (Å²) in [6.45, 7) is 0. The van der Waals surface area contributed by atoms with Gasteiger partial charge in [0.15, 0.2) is 0 Å². The molecule has 0 saturated heterocycles. The van der Waals surface area contributed by atoms with E-state index < -0.39 is 4.92 Å². The number of hydrogen-bond donors (Lipinski definition) is 0. The van der Waals surface area contributed by atoms with E-state index >= 15 is 0 Å². The zero-order valence-electron chi connectivity index (χ0n) is 7.51. The maximum absolute atomic E-state index is 10.4. The summed E-state index contributed by atoms with van der Waals surface area (Å²) in [6.07, 6.45) is 1.57. The summed E-state index contributed by atoms with van der Waals surface area (Å²) < 4.78 is 6.08. The molecule has 0 aliphatic carbocycles. The zero-order chi connectivity index (χ0) is 10.8. The minimum atomic E-state index is -0.429. The van der Waals surface area contributed by atoms with E-state index in [1.807, 2.05) is 0 Å². The molecule has 1 aromatic carbocycles. The van der Waals surface area contributed by atoms with E-state index in [1.54, 1.807) is 24.5 Å². The van der Waals surface area contributed by atoms with Gasteiger partial charge < -0.3 is 4.42 Å². The van der Waals surface area contributed by atoms with Gasteiger partial charge in [0.05, 0.1) is 9.40 Å². The van der Waals surface area contributed by atoms with Crippen molar-refractivity contribution in [3.63, 3.8) is 0 Å². The third-order valence-electron chi connectivity index (χ3n) is 1.93. The van der Waals surface area contributed by atoms with Crippen LogP contribution in [0.4, 0.5) is 5.69 Å². The Labute approximate surface area is 93.8 Å². The molecule has 0 bridgehead atoms. The molecule has 2 aromatic rings. The number of nitrogens with zero attached hydrogens (tertiary/aromatic N) is 1. The fourth-order valence-corrected chi connectivity index (χ4v) is 1.51. The van der Waals surface area contributed by atoms with Gasteiger partial charge in [0, 0.05) is 17.7 Å². The van der Waals surface area contributed by atoms with Crippen LogP contribution < -0.4 is 0 Å². The van der Waals surface area contributed by atoms with Gasteiger partial charge in [-0.1, -0.05) is 0 Å². The Balaban J connectivity index is 2.35. The predicted octanol–water partition coefficient (Wildman–Crippen LogP) is 3.62. The van der Waals surface area contributed by atoms with Crippen LogP contribution in [0.3, 0.4) is 0 Å². The van der Waals surface area contributed by atoms with Crippen molar-refractivity contribution < 1.29 is 9.34 Å². The molecule has 76 valence electrons. The highest BCUT2D eigenvalue weighted by molar-refractivity contribution is 9.10. The predicted molar refractivity (Wildman–Crippen MR) is 58.5 cm³/mol. The standard InChI is InChI=1S/C10H6BrNO3/c11-8-5-10(15-6-8)7-1-3-9(4-2-7)12(13)14/h1-6H. The lowest BCUT2D eigenvalue weighted by Crippen LogP contribution is -1.86. The summed E-state index contributed by atoms with van der Waals surface area (Å²) in [5.41, 5.74) is 0.885. The molecular formula is C10H6BrNO3. The van der Waals surface area contributed by atoms with E-state index in [1.165, 1.54) is 12.1 Å². The average molecular weight is 268 g/mol. The Morgan fingerprint density at radius 3 is 2.40 bits per heavy atom. The molecule has 0 radical (unpaired) electrons. The SMILES string of the molecule is O=[N+]([O-])c1ccc(-c2cc(Br)co2)cc1. The second-order valence-electron chi connectivity index (χ2n) is 2.93. The van der Waals surface area contributed by atoms with Crippen LogP contribution in [0.25, 0.3) is 11.3 Å². The minimum Gasteiger partial charge on any atom is -0.463 e. The summed E-state index contributed by atoms with van der Waals surface area (Å²) >= 11 is 3.27. The monoisotopic (exact) mass is 267 g/mol. The van der Waals surface area contributed by atoms with E-state index in [9.17, 15) is 10.1 Å². The van der Waals surface area contributed by atoms with Gasteiger partial charge in [0.25, 0.3) is 5.69 Å². The average Bonchev–Trinajstić information content (AvgIpc) is 2.65. The quantitative estimate of drug-likeness (QED) is 0.617. The smallest absolute Gasteiger partial charge is 0.269 e. The Morgan fingerprint density at radius 2 is 1.93 bits per heavy atom. The number of nitro benzene ring substituents is 1. The molecule has 0 spiro atoms. The minimum absolute atomic E-state index is 0.0735. The Morgan fingerprint density at radius 1 is 1.27 bits per heavy atom. The molecular weight excluding hydrogens is 262 g/mol. The van der Waals surface area contributed by atoms with Crippen molar-refractivity contribution in [2.75, 3.05) is 0 Å². The summed E-state index contributed by atoms with van der Waals surface area (Å²) in [6, 6.07) is 8.02. The van der Waals surface area contributed by atoms with Crippen LogP contribution in [-0.4, -0.2) is 4.92 Å². The third-order valence-corrected chi connectivity index (χ3v) is 2.35. The van der Waals surface area contributed by atoms with Gasteiger partial charge in [-0.05, 0) is 34.1 Å². The van der Waals surface area contributed by atoms with Gasteiger partial charge in [0.2, 0.25) is 0 Å². The molecule has 0 aliphatic rings. The number of benzene rings is 1. The number of furan rings is 1. The van der Waals surface area contributed by atoms with E-state index in [0.29, 0.717) is 5.76 Å². The van der Waals surface area contributed by atoms with E-state index in [2.05, 4.69) is 15.9 Å². The third kappa shape index (κ3) is 2.07.